The van der Waals surface area contributed by atoms with Crippen molar-refractivity contribution >= 4 is 21.5 Å². The number of methoxy groups -OCH3 is 1. The molecule has 1 saturated heterocycles. The Hall–Kier alpha value is -0.990. The lowest BCUT2D eigenvalue weighted by Gasteiger charge is -2.27. The molecule has 2 saturated carbocycles. The van der Waals surface area contributed by atoms with Gasteiger partial charge in [0.15, 0.2) is 0 Å². The number of nitrogens with zero attached hydrogens (tertiary/aromatic N) is 2. The fraction of sp³-hybridized carbons (Fsp3) is 0.905. The maximum Gasteiger partial charge on any atom is 0.260 e. The quantitative estimate of drug-likeness (QED) is 0.622. The van der Waals surface area contributed by atoms with E-state index in [4.69, 9.17) is 9.47 Å². The summed E-state index contributed by atoms with van der Waals surface area (Å²) in [6.45, 7) is 3.81. The van der Waals surface area contributed by atoms with Crippen molar-refractivity contribution in [3.05, 3.63) is 0 Å². The minimum atomic E-state index is -2.60. The van der Waals surface area contributed by atoms with E-state index in [1.807, 2.05) is 0 Å². The van der Waals surface area contributed by atoms with E-state index < -0.39 is 15.1 Å². The van der Waals surface area contributed by atoms with Gasteiger partial charge in [0.25, 0.3) is 5.91 Å². The maximum atomic E-state index is 13.2. The minimum Gasteiger partial charge on any atom is -0.385 e. The Morgan fingerprint density at radius 3 is 2.52 bits per heavy atom. The van der Waals surface area contributed by atoms with Gasteiger partial charge < -0.3 is 14.4 Å². The van der Waals surface area contributed by atoms with Gasteiger partial charge in [-0.2, -0.15) is 4.36 Å². The fourth-order valence-corrected chi connectivity index (χ4v) is 6.20. The summed E-state index contributed by atoms with van der Waals surface area (Å²) < 4.78 is 28.3. The summed E-state index contributed by atoms with van der Waals surface area (Å²) in [5.41, 5.74) is -0.451. The Balaban J connectivity index is 1.50. The van der Waals surface area contributed by atoms with Gasteiger partial charge >= 0.3 is 0 Å². The molecule has 1 atom stereocenters. The second-order valence-corrected chi connectivity index (χ2v) is 11.6. The molecule has 0 aromatic carbocycles. The first-order valence-electron chi connectivity index (χ1n) is 11.0. The monoisotopic (exact) mass is 428 g/mol. The third-order valence-corrected chi connectivity index (χ3v) is 8.92. The van der Waals surface area contributed by atoms with E-state index in [9.17, 15) is 13.8 Å². The summed E-state index contributed by atoms with van der Waals surface area (Å²) in [4.78, 5) is 26.9. The van der Waals surface area contributed by atoms with Crippen molar-refractivity contribution in [2.75, 3.05) is 44.9 Å². The average Bonchev–Trinajstić information content (AvgIpc) is 3.51. The molecule has 3 rings (SSSR count). The highest BCUT2D eigenvalue weighted by Gasteiger charge is 2.49. The zero-order valence-electron chi connectivity index (χ0n) is 17.9. The SMILES string of the molecule is COCCC1(C(=O)N=S2(=O)CCCN(C(=O)COC3CCC(C)CC3)CC2)CC1. The van der Waals surface area contributed by atoms with Crippen LogP contribution in [0.1, 0.15) is 58.3 Å². The van der Waals surface area contributed by atoms with Crippen LogP contribution >= 0.6 is 0 Å². The standard InChI is InChI=1S/C21H36N2O5S/c1-17-4-6-18(7-5-17)28-16-19(24)23-11-3-14-29(26,15-12-23)22-20(25)21(8-9-21)10-13-27-2/h17-18H,3-16H2,1-2H3. The van der Waals surface area contributed by atoms with Crippen molar-refractivity contribution in [3.63, 3.8) is 0 Å². The second kappa shape index (κ2) is 9.88. The summed E-state index contributed by atoms with van der Waals surface area (Å²) in [7, 11) is -0.984. The molecule has 3 aliphatic rings. The van der Waals surface area contributed by atoms with Gasteiger partial charge in [-0.3, -0.25) is 9.59 Å². The predicted molar refractivity (Wildman–Crippen MR) is 112 cm³/mol. The van der Waals surface area contributed by atoms with Crippen molar-refractivity contribution in [2.45, 2.75) is 64.4 Å². The third-order valence-electron chi connectivity index (χ3n) is 6.67. The van der Waals surface area contributed by atoms with E-state index >= 15 is 0 Å². The summed E-state index contributed by atoms with van der Waals surface area (Å²) >= 11 is 0. The Morgan fingerprint density at radius 2 is 1.86 bits per heavy atom. The van der Waals surface area contributed by atoms with Gasteiger partial charge in [-0.1, -0.05) is 6.92 Å². The van der Waals surface area contributed by atoms with Gasteiger partial charge in [-0.15, -0.1) is 0 Å². The summed E-state index contributed by atoms with van der Waals surface area (Å²) in [5, 5.41) is 0. The first-order valence-corrected chi connectivity index (χ1v) is 12.9. The average molecular weight is 429 g/mol. The topological polar surface area (TPSA) is 85.3 Å². The molecule has 7 nitrogen and oxygen atoms in total. The third kappa shape index (κ3) is 6.25. The minimum absolute atomic E-state index is 0.0441. The van der Waals surface area contributed by atoms with E-state index in [1.165, 1.54) is 0 Å². The van der Waals surface area contributed by atoms with Gasteiger partial charge in [0.2, 0.25) is 5.91 Å². The zero-order chi connectivity index (χ0) is 20.9. The molecule has 0 aromatic heterocycles. The van der Waals surface area contributed by atoms with Crippen LogP contribution in [0.4, 0.5) is 0 Å². The number of carbonyl (C=O) groups is 2. The number of carbonyl (C=O) groups excluding carboxylic acids is 2. The molecule has 0 radical (unpaired) electrons. The Labute approximate surface area is 175 Å². The van der Waals surface area contributed by atoms with Gasteiger partial charge in [0, 0.05) is 38.3 Å². The molecular weight excluding hydrogens is 392 g/mol. The molecule has 8 heteroatoms. The highest BCUT2D eigenvalue weighted by Crippen LogP contribution is 2.50. The molecule has 1 heterocycles. The number of amides is 2. The van der Waals surface area contributed by atoms with Crippen molar-refractivity contribution < 1.29 is 23.3 Å². The molecule has 0 bridgehead atoms. The van der Waals surface area contributed by atoms with Crippen LogP contribution in [-0.4, -0.2) is 71.9 Å². The van der Waals surface area contributed by atoms with Crippen LogP contribution in [-0.2, 0) is 28.8 Å². The second-order valence-electron chi connectivity index (χ2n) is 9.03. The van der Waals surface area contributed by atoms with Gasteiger partial charge in [0.1, 0.15) is 6.61 Å². The first kappa shape index (κ1) is 22.7. The van der Waals surface area contributed by atoms with E-state index in [-0.39, 0.29) is 30.3 Å². The van der Waals surface area contributed by atoms with Gasteiger partial charge in [-0.05, 0) is 57.3 Å². The van der Waals surface area contributed by atoms with Crippen LogP contribution in [0.25, 0.3) is 0 Å². The molecule has 1 aliphatic heterocycles. The molecule has 0 spiro atoms. The molecular formula is C21H36N2O5S. The molecule has 0 aromatic rings. The maximum absolute atomic E-state index is 13.2. The summed E-state index contributed by atoms with van der Waals surface area (Å²) in [6.07, 6.45) is 7.39. The lowest BCUT2D eigenvalue weighted by atomic mass is 9.89. The van der Waals surface area contributed by atoms with Crippen LogP contribution in [0.5, 0.6) is 0 Å². The number of hydrogen-bond donors (Lipinski definition) is 0. The van der Waals surface area contributed by atoms with Gasteiger partial charge in [0.05, 0.1) is 21.2 Å². The van der Waals surface area contributed by atoms with Crippen LogP contribution in [0.2, 0.25) is 0 Å². The molecule has 2 amide bonds. The molecule has 2 aliphatic carbocycles. The van der Waals surface area contributed by atoms with Crippen LogP contribution in [0.15, 0.2) is 4.36 Å². The fourth-order valence-electron chi connectivity index (χ4n) is 4.23. The predicted octanol–water partition coefficient (Wildman–Crippen LogP) is 2.63. The first-order chi connectivity index (χ1) is 13.9. The molecule has 3 fully saturated rings. The van der Waals surface area contributed by atoms with E-state index in [0.717, 1.165) is 44.4 Å². The number of hydrogen-bond acceptors (Lipinski definition) is 5. The van der Waals surface area contributed by atoms with E-state index in [0.29, 0.717) is 38.3 Å². The Bertz CT molecular complexity index is 704. The largest absolute Gasteiger partial charge is 0.385 e. The van der Waals surface area contributed by atoms with Crippen molar-refractivity contribution in [1.82, 2.24) is 4.90 Å². The van der Waals surface area contributed by atoms with Crippen molar-refractivity contribution in [3.8, 4) is 0 Å². The zero-order valence-corrected chi connectivity index (χ0v) is 18.7. The lowest BCUT2D eigenvalue weighted by molar-refractivity contribution is -0.138. The highest BCUT2D eigenvalue weighted by atomic mass is 32.2. The van der Waals surface area contributed by atoms with Crippen LogP contribution < -0.4 is 0 Å². The normalized spacial score (nSPS) is 31.7. The van der Waals surface area contributed by atoms with E-state index in [2.05, 4.69) is 11.3 Å². The summed E-state index contributed by atoms with van der Waals surface area (Å²) in [6, 6.07) is 0. The van der Waals surface area contributed by atoms with Crippen LogP contribution in [0.3, 0.4) is 0 Å². The molecule has 166 valence electrons. The molecule has 29 heavy (non-hydrogen) atoms. The highest BCUT2D eigenvalue weighted by molar-refractivity contribution is 7.93. The molecule has 0 N–H and O–H groups in total. The van der Waals surface area contributed by atoms with Crippen molar-refractivity contribution in [1.29, 1.82) is 0 Å². The summed E-state index contributed by atoms with van der Waals surface area (Å²) in [5.74, 6) is 1.13. The van der Waals surface area contributed by atoms with Crippen molar-refractivity contribution in [2.24, 2.45) is 15.7 Å². The Morgan fingerprint density at radius 1 is 1.14 bits per heavy atom. The van der Waals surface area contributed by atoms with Gasteiger partial charge in [-0.25, -0.2) is 4.21 Å². The van der Waals surface area contributed by atoms with Crippen LogP contribution in [0, 0.1) is 11.3 Å². The number of rotatable bonds is 7. The Kier molecular flexibility index (Phi) is 7.73. The number of ether oxygens (including phenoxy) is 2. The lowest BCUT2D eigenvalue weighted by Crippen LogP contribution is -2.37. The smallest absolute Gasteiger partial charge is 0.260 e. The van der Waals surface area contributed by atoms with E-state index in [1.54, 1.807) is 12.0 Å². The molecule has 1 unspecified atom stereocenters.